The Morgan fingerprint density at radius 2 is 1.68 bits per heavy atom. The van der Waals surface area contributed by atoms with E-state index in [0.717, 1.165) is 16.7 Å². The van der Waals surface area contributed by atoms with Crippen molar-refractivity contribution in [3.63, 3.8) is 0 Å². The van der Waals surface area contributed by atoms with Crippen LogP contribution < -0.4 is 16.0 Å². The van der Waals surface area contributed by atoms with E-state index in [-0.39, 0.29) is 30.7 Å². The largest absolute Gasteiger partial charge is 0.343 e. The fourth-order valence-electron chi connectivity index (χ4n) is 5.72. The number of anilines is 2. The van der Waals surface area contributed by atoms with Gasteiger partial charge in [-0.3, -0.25) is 19.2 Å². The van der Waals surface area contributed by atoms with Gasteiger partial charge in [0.2, 0.25) is 23.6 Å². The zero-order valence-electron chi connectivity index (χ0n) is 24.8. The number of nitrogens with zero attached hydrogens (tertiary/aromatic N) is 2. The summed E-state index contributed by atoms with van der Waals surface area (Å²) in [6.45, 7) is 12.7. The van der Waals surface area contributed by atoms with Crippen molar-refractivity contribution in [2.45, 2.75) is 78.8 Å². The zero-order valence-corrected chi connectivity index (χ0v) is 24.8. The van der Waals surface area contributed by atoms with E-state index in [0.29, 0.717) is 11.4 Å². The molecule has 0 radical (unpaired) electrons. The fraction of sp³-hybridized carbons (Fsp3) is 0.469. The van der Waals surface area contributed by atoms with Crippen LogP contribution in [0.3, 0.4) is 0 Å². The number of rotatable bonds is 6. The summed E-state index contributed by atoms with van der Waals surface area (Å²) in [4.78, 5) is 55.7. The number of likely N-dealkylation sites (tertiary alicyclic amines) is 1. The Kier molecular flexibility index (Phi) is 7.74. The number of amides is 4. The third-order valence-corrected chi connectivity index (χ3v) is 8.19. The number of benzene rings is 2. The van der Waals surface area contributed by atoms with E-state index in [2.05, 4.69) is 22.0 Å². The maximum absolute atomic E-state index is 14.1. The highest BCUT2D eigenvalue weighted by Crippen LogP contribution is 2.46. The van der Waals surface area contributed by atoms with Gasteiger partial charge in [0.1, 0.15) is 17.5 Å². The van der Waals surface area contributed by atoms with Crippen LogP contribution in [0.5, 0.6) is 0 Å². The standard InChI is InChI=1S/C32H39N5O4/c1-19-11-10-12-20(2)25(19)36-28(40)31(6,7)27(39)35-24(16-30(3,4)5)26(38)37-18-32(15-21(37)17-33)22-13-8-9-14-23(22)34-29(32)41/h8-14,21,24H,15-16,18H2,1-7H3,(H,34,41)(H,35,39)(H,36,40)/t21-,24-,32-/m0/s1. The molecule has 0 unspecified atom stereocenters. The van der Waals surface area contributed by atoms with Crippen LogP contribution in [0.4, 0.5) is 11.4 Å². The molecule has 2 aromatic carbocycles. The molecule has 4 rings (SSSR count). The fourth-order valence-corrected chi connectivity index (χ4v) is 5.72. The Morgan fingerprint density at radius 3 is 2.29 bits per heavy atom. The lowest BCUT2D eigenvalue weighted by Gasteiger charge is -2.33. The van der Waals surface area contributed by atoms with Gasteiger partial charge in [-0.1, -0.05) is 57.2 Å². The molecule has 2 heterocycles. The summed E-state index contributed by atoms with van der Waals surface area (Å²) >= 11 is 0. The van der Waals surface area contributed by atoms with Crippen molar-refractivity contribution in [2.24, 2.45) is 10.8 Å². The molecular formula is C32H39N5O4. The normalized spacial score (nSPS) is 20.7. The van der Waals surface area contributed by atoms with Crippen molar-refractivity contribution < 1.29 is 19.2 Å². The van der Waals surface area contributed by atoms with Crippen molar-refractivity contribution in [3.8, 4) is 6.07 Å². The number of carbonyl (C=O) groups excluding carboxylic acids is 4. The van der Waals surface area contributed by atoms with E-state index in [1.807, 2.05) is 77.1 Å². The monoisotopic (exact) mass is 557 g/mol. The summed E-state index contributed by atoms with van der Waals surface area (Å²) in [6, 6.07) is 13.3. The Hall–Kier alpha value is -4.19. The van der Waals surface area contributed by atoms with Gasteiger partial charge in [0.15, 0.2) is 0 Å². The molecule has 2 aromatic rings. The third kappa shape index (κ3) is 5.56. The van der Waals surface area contributed by atoms with Crippen LogP contribution in [0.1, 0.15) is 64.2 Å². The van der Waals surface area contributed by atoms with Gasteiger partial charge in [-0.15, -0.1) is 0 Å². The predicted octanol–water partition coefficient (Wildman–Crippen LogP) is 4.20. The van der Waals surface area contributed by atoms with E-state index >= 15 is 0 Å². The molecule has 1 spiro atoms. The number of hydrogen-bond donors (Lipinski definition) is 3. The SMILES string of the molecule is Cc1cccc(C)c1NC(=O)C(C)(C)C(=O)N[C@@H](CC(C)(C)C)C(=O)N1C[C@]2(C[C@H]1C#N)C(=O)Nc1ccccc12. The van der Waals surface area contributed by atoms with Gasteiger partial charge in [0.25, 0.3) is 0 Å². The molecule has 3 N–H and O–H groups in total. The molecule has 0 bridgehead atoms. The van der Waals surface area contributed by atoms with Crippen molar-refractivity contribution >= 4 is 35.0 Å². The predicted molar refractivity (Wildman–Crippen MR) is 157 cm³/mol. The smallest absolute Gasteiger partial charge is 0.246 e. The zero-order chi connectivity index (χ0) is 30.3. The second-order valence-electron chi connectivity index (χ2n) is 13.0. The lowest BCUT2D eigenvalue weighted by atomic mass is 9.80. The summed E-state index contributed by atoms with van der Waals surface area (Å²) in [5, 5.41) is 18.6. The molecular weight excluding hydrogens is 518 g/mol. The van der Waals surface area contributed by atoms with Crippen molar-refractivity contribution in [1.29, 1.82) is 5.26 Å². The minimum Gasteiger partial charge on any atom is -0.343 e. The Labute approximate surface area is 241 Å². The van der Waals surface area contributed by atoms with Gasteiger partial charge >= 0.3 is 0 Å². The summed E-state index contributed by atoms with van der Waals surface area (Å²) in [5.74, 6) is -1.78. The number of nitrogens with one attached hydrogen (secondary N) is 3. The number of carbonyl (C=O) groups is 4. The topological polar surface area (TPSA) is 131 Å². The molecule has 1 fully saturated rings. The van der Waals surface area contributed by atoms with Gasteiger partial charge in [-0.25, -0.2) is 0 Å². The van der Waals surface area contributed by atoms with Crippen LogP contribution in [0.2, 0.25) is 0 Å². The molecule has 9 heteroatoms. The van der Waals surface area contributed by atoms with Gasteiger partial charge in [-0.05, 0) is 62.3 Å². The quantitative estimate of drug-likeness (QED) is 0.458. The van der Waals surface area contributed by atoms with E-state index in [9.17, 15) is 24.4 Å². The second kappa shape index (κ2) is 10.7. The van der Waals surface area contributed by atoms with Gasteiger partial charge in [0.05, 0.1) is 11.5 Å². The second-order valence-corrected chi connectivity index (χ2v) is 13.0. The number of hydrogen-bond acceptors (Lipinski definition) is 5. The minimum atomic E-state index is -1.50. The summed E-state index contributed by atoms with van der Waals surface area (Å²) in [7, 11) is 0. The van der Waals surface area contributed by atoms with Crippen LogP contribution in [-0.4, -0.2) is 47.2 Å². The Balaban J connectivity index is 1.59. The number of nitriles is 1. The van der Waals surface area contributed by atoms with Crippen molar-refractivity contribution in [3.05, 3.63) is 59.2 Å². The minimum absolute atomic E-state index is 0.0276. The molecule has 3 atom stereocenters. The number of aryl methyl sites for hydroxylation is 2. The average molecular weight is 558 g/mol. The summed E-state index contributed by atoms with van der Waals surface area (Å²) in [5.41, 5.74) is 0.937. The molecule has 4 amide bonds. The highest BCUT2D eigenvalue weighted by molar-refractivity contribution is 6.11. The molecule has 0 aromatic heterocycles. The van der Waals surface area contributed by atoms with E-state index < -0.39 is 40.6 Å². The van der Waals surface area contributed by atoms with Crippen LogP contribution in [-0.2, 0) is 24.6 Å². The Morgan fingerprint density at radius 1 is 1.05 bits per heavy atom. The van der Waals surface area contributed by atoms with Gasteiger partial charge in [-0.2, -0.15) is 5.26 Å². The van der Waals surface area contributed by atoms with Crippen LogP contribution in [0.15, 0.2) is 42.5 Å². The highest BCUT2D eigenvalue weighted by atomic mass is 16.2. The highest BCUT2D eigenvalue weighted by Gasteiger charge is 2.56. The number of fused-ring (bicyclic) bond motifs is 2. The van der Waals surface area contributed by atoms with E-state index in [1.165, 1.54) is 18.7 Å². The average Bonchev–Trinajstić information content (AvgIpc) is 3.42. The molecule has 0 saturated carbocycles. The molecule has 2 aliphatic rings. The summed E-state index contributed by atoms with van der Waals surface area (Å²) in [6.07, 6.45) is 0.439. The molecule has 2 aliphatic heterocycles. The van der Waals surface area contributed by atoms with Gasteiger partial charge in [0, 0.05) is 24.3 Å². The lowest BCUT2D eigenvalue weighted by Crippen LogP contribution is -2.56. The van der Waals surface area contributed by atoms with Crippen LogP contribution in [0, 0.1) is 36.0 Å². The number of para-hydroxylation sites is 2. The first-order valence-electron chi connectivity index (χ1n) is 13.9. The van der Waals surface area contributed by atoms with Crippen LogP contribution >= 0.6 is 0 Å². The maximum Gasteiger partial charge on any atom is 0.246 e. The molecule has 1 saturated heterocycles. The molecule has 216 valence electrons. The molecule has 9 nitrogen and oxygen atoms in total. The van der Waals surface area contributed by atoms with Crippen molar-refractivity contribution in [1.82, 2.24) is 10.2 Å². The lowest BCUT2D eigenvalue weighted by molar-refractivity contribution is -0.143. The first-order valence-corrected chi connectivity index (χ1v) is 13.9. The third-order valence-electron chi connectivity index (χ3n) is 8.19. The van der Waals surface area contributed by atoms with Crippen molar-refractivity contribution in [2.75, 3.05) is 17.2 Å². The summed E-state index contributed by atoms with van der Waals surface area (Å²) < 4.78 is 0. The van der Waals surface area contributed by atoms with Gasteiger partial charge < -0.3 is 20.9 Å². The first-order chi connectivity index (χ1) is 19.1. The molecule has 41 heavy (non-hydrogen) atoms. The van der Waals surface area contributed by atoms with E-state index in [1.54, 1.807) is 0 Å². The van der Waals surface area contributed by atoms with Crippen LogP contribution in [0.25, 0.3) is 0 Å². The van der Waals surface area contributed by atoms with E-state index in [4.69, 9.17) is 0 Å². The Bertz CT molecular complexity index is 1430. The first kappa shape index (κ1) is 29.8. The molecule has 0 aliphatic carbocycles. The maximum atomic E-state index is 14.1.